The van der Waals surface area contributed by atoms with Crippen molar-refractivity contribution in [3.05, 3.63) is 23.4 Å². The lowest BCUT2D eigenvalue weighted by Gasteiger charge is -2.38. The standard InChI is InChI=1S/C20H27N5O4S/c1-2-28-20(27)25-10-8-24(9-11-25)19(26)15-5-3-7-23(13-15)14-17-21-18(22-29-17)16-6-4-12-30-16/h4,6,12,15H,2-3,5,7-11,13-14H2,1H3/t15-/m0/s1. The molecule has 2 fully saturated rings. The number of amides is 2. The molecule has 0 N–H and O–H groups in total. The summed E-state index contributed by atoms with van der Waals surface area (Å²) in [5, 5.41) is 6.05. The lowest BCUT2D eigenvalue weighted by atomic mass is 9.96. The zero-order chi connectivity index (χ0) is 20.9. The Labute approximate surface area is 179 Å². The summed E-state index contributed by atoms with van der Waals surface area (Å²) in [7, 11) is 0. The van der Waals surface area contributed by atoms with Crippen molar-refractivity contribution in [3.63, 3.8) is 0 Å². The number of thiophene rings is 1. The van der Waals surface area contributed by atoms with Crippen molar-refractivity contribution < 1.29 is 18.8 Å². The molecule has 9 nitrogen and oxygen atoms in total. The molecular formula is C20H27N5O4S. The number of nitrogens with zero attached hydrogens (tertiary/aromatic N) is 5. The first-order valence-electron chi connectivity index (χ1n) is 10.4. The molecule has 2 aliphatic heterocycles. The Morgan fingerprint density at radius 1 is 1.23 bits per heavy atom. The van der Waals surface area contributed by atoms with E-state index in [0.29, 0.717) is 57.6 Å². The van der Waals surface area contributed by atoms with Crippen LogP contribution in [0.4, 0.5) is 4.79 Å². The van der Waals surface area contributed by atoms with Crippen LogP contribution in [0.15, 0.2) is 22.0 Å². The Bertz CT molecular complexity index is 847. The molecule has 0 unspecified atom stereocenters. The molecule has 2 saturated heterocycles. The quantitative estimate of drug-likeness (QED) is 0.714. The number of aromatic nitrogens is 2. The fourth-order valence-electron chi connectivity index (χ4n) is 4.00. The van der Waals surface area contributed by atoms with E-state index < -0.39 is 0 Å². The van der Waals surface area contributed by atoms with Crippen molar-refractivity contribution in [1.82, 2.24) is 24.8 Å². The fourth-order valence-corrected chi connectivity index (χ4v) is 4.65. The normalized spacial score (nSPS) is 20.4. The highest BCUT2D eigenvalue weighted by atomic mass is 32.1. The van der Waals surface area contributed by atoms with E-state index in [9.17, 15) is 9.59 Å². The molecule has 0 saturated carbocycles. The minimum absolute atomic E-state index is 0.0346. The third-order valence-corrected chi connectivity index (χ3v) is 6.41. The summed E-state index contributed by atoms with van der Waals surface area (Å²) in [4.78, 5) is 36.1. The molecule has 4 rings (SSSR count). The third kappa shape index (κ3) is 4.81. The smallest absolute Gasteiger partial charge is 0.409 e. The lowest BCUT2D eigenvalue weighted by Crippen LogP contribution is -2.53. The van der Waals surface area contributed by atoms with E-state index in [2.05, 4.69) is 15.0 Å². The van der Waals surface area contributed by atoms with Gasteiger partial charge in [-0.3, -0.25) is 9.69 Å². The molecule has 1 atom stereocenters. The number of piperidine rings is 1. The largest absolute Gasteiger partial charge is 0.450 e. The minimum atomic E-state index is -0.296. The molecule has 0 spiro atoms. The van der Waals surface area contributed by atoms with Crippen LogP contribution in [0.25, 0.3) is 10.7 Å². The molecule has 162 valence electrons. The second kappa shape index (κ2) is 9.57. The topological polar surface area (TPSA) is 92.0 Å². The van der Waals surface area contributed by atoms with Gasteiger partial charge >= 0.3 is 6.09 Å². The number of likely N-dealkylation sites (tertiary alicyclic amines) is 1. The summed E-state index contributed by atoms with van der Waals surface area (Å²) >= 11 is 1.58. The molecule has 2 aliphatic rings. The fraction of sp³-hybridized carbons (Fsp3) is 0.600. The molecule has 0 aromatic carbocycles. The van der Waals surface area contributed by atoms with Crippen molar-refractivity contribution in [3.8, 4) is 10.7 Å². The number of piperazine rings is 1. The SMILES string of the molecule is CCOC(=O)N1CCN(C(=O)[C@H]2CCCN(Cc3nc(-c4cccs4)no3)C2)CC1. The van der Waals surface area contributed by atoms with Crippen LogP contribution in [0.5, 0.6) is 0 Å². The van der Waals surface area contributed by atoms with Crippen LogP contribution in [0.1, 0.15) is 25.7 Å². The molecule has 30 heavy (non-hydrogen) atoms. The Kier molecular flexibility index (Phi) is 6.63. The second-order valence-electron chi connectivity index (χ2n) is 7.57. The number of hydrogen-bond acceptors (Lipinski definition) is 8. The van der Waals surface area contributed by atoms with Crippen LogP contribution in [0, 0.1) is 5.92 Å². The summed E-state index contributed by atoms with van der Waals surface area (Å²) < 4.78 is 10.5. The van der Waals surface area contributed by atoms with Gasteiger partial charge in [-0.25, -0.2) is 4.79 Å². The maximum Gasteiger partial charge on any atom is 0.409 e. The van der Waals surface area contributed by atoms with Gasteiger partial charge in [0.1, 0.15) is 0 Å². The highest BCUT2D eigenvalue weighted by Gasteiger charge is 2.32. The highest BCUT2D eigenvalue weighted by Crippen LogP contribution is 2.24. The van der Waals surface area contributed by atoms with Crippen LogP contribution >= 0.6 is 11.3 Å². The first kappa shape index (κ1) is 20.8. The van der Waals surface area contributed by atoms with Crippen LogP contribution in [-0.2, 0) is 16.1 Å². The molecule has 10 heteroatoms. The van der Waals surface area contributed by atoms with E-state index in [0.717, 1.165) is 24.3 Å². The van der Waals surface area contributed by atoms with Crippen LogP contribution in [0.3, 0.4) is 0 Å². The van der Waals surface area contributed by atoms with Crippen molar-refractivity contribution in [2.75, 3.05) is 45.9 Å². The molecule has 0 radical (unpaired) electrons. The van der Waals surface area contributed by atoms with Crippen molar-refractivity contribution in [1.29, 1.82) is 0 Å². The van der Waals surface area contributed by atoms with Crippen LogP contribution < -0.4 is 0 Å². The number of carbonyl (C=O) groups is 2. The highest BCUT2D eigenvalue weighted by molar-refractivity contribution is 7.13. The number of rotatable bonds is 5. The van der Waals surface area contributed by atoms with E-state index in [1.165, 1.54) is 0 Å². The maximum atomic E-state index is 13.0. The first-order chi connectivity index (χ1) is 14.6. The molecule has 4 heterocycles. The van der Waals surface area contributed by atoms with E-state index >= 15 is 0 Å². The molecule has 0 aliphatic carbocycles. The maximum absolute atomic E-state index is 13.0. The molecule has 2 aromatic rings. The van der Waals surface area contributed by atoms with Gasteiger partial charge < -0.3 is 19.1 Å². The van der Waals surface area contributed by atoms with Crippen LogP contribution in [-0.4, -0.2) is 82.7 Å². The average Bonchev–Trinajstić information content (AvgIpc) is 3.46. The summed E-state index contributed by atoms with van der Waals surface area (Å²) in [5.74, 6) is 1.33. The summed E-state index contributed by atoms with van der Waals surface area (Å²) in [6.45, 7) is 6.48. The van der Waals surface area contributed by atoms with Gasteiger partial charge in [0.25, 0.3) is 0 Å². The van der Waals surface area contributed by atoms with E-state index in [-0.39, 0.29) is 17.9 Å². The van der Waals surface area contributed by atoms with Gasteiger partial charge in [0.2, 0.25) is 17.6 Å². The van der Waals surface area contributed by atoms with Crippen molar-refractivity contribution in [2.24, 2.45) is 5.92 Å². The Balaban J connectivity index is 1.29. The Morgan fingerprint density at radius 2 is 2.03 bits per heavy atom. The van der Waals surface area contributed by atoms with Gasteiger partial charge in [-0.05, 0) is 37.8 Å². The van der Waals surface area contributed by atoms with Gasteiger partial charge in [0.05, 0.1) is 23.9 Å². The van der Waals surface area contributed by atoms with E-state index in [1.54, 1.807) is 23.2 Å². The zero-order valence-electron chi connectivity index (χ0n) is 17.2. The molecule has 2 amide bonds. The number of ether oxygens (including phenoxy) is 1. The van der Waals surface area contributed by atoms with Crippen molar-refractivity contribution >= 4 is 23.3 Å². The van der Waals surface area contributed by atoms with Gasteiger partial charge in [-0.15, -0.1) is 11.3 Å². The average molecular weight is 434 g/mol. The van der Waals surface area contributed by atoms with Gasteiger partial charge in [0.15, 0.2) is 0 Å². The monoisotopic (exact) mass is 433 g/mol. The summed E-state index contributed by atoms with van der Waals surface area (Å²) in [6.07, 6.45) is 1.55. The Morgan fingerprint density at radius 3 is 2.77 bits per heavy atom. The number of carbonyl (C=O) groups excluding carboxylic acids is 2. The second-order valence-corrected chi connectivity index (χ2v) is 8.52. The van der Waals surface area contributed by atoms with E-state index in [4.69, 9.17) is 9.26 Å². The Hall–Kier alpha value is -2.46. The first-order valence-corrected chi connectivity index (χ1v) is 11.3. The van der Waals surface area contributed by atoms with Gasteiger partial charge in [-0.2, -0.15) is 4.98 Å². The van der Waals surface area contributed by atoms with Crippen LogP contribution in [0.2, 0.25) is 0 Å². The predicted octanol–water partition coefficient (Wildman–Crippen LogP) is 2.31. The summed E-state index contributed by atoms with van der Waals surface area (Å²) in [6, 6.07) is 3.93. The minimum Gasteiger partial charge on any atom is -0.450 e. The molecular weight excluding hydrogens is 406 g/mol. The number of hydrogen-bond donors (Lipinski definition) is 0. The van der Waals surface area contributed by atoms with E-state index in [1.807, 2.05) is 22.4 Å². The van der Waals surface area contributed by atoms with Crippen molar-refractivity contribution in [2.45, 2.75) is 26.3 Å². The van der Waals surface area contributed by atoms with Gasteiger partial charge in [-0.1, -0.05) is 11.2 Å². The summed E-state index contributed by atoms with van der Waals surface area (Å²) in [5.41, 5.74) is 0. The zero-order valence-corrected chi connectivity index (χ0v) is 18.0. The lowest BCUT2D eigenvalue weighted by molar-refractivity contribution is -0.139. The third-order valence-electron chi connectivity index (χ3n) is 5.54. The molecule has 0 bridgehead atoms. The molecule has 2 aromatic heterocycles. The predicted molar refractivity (Wildman–Crippen MR) is 111 cm³/mol. The van der Waals surface area contributed by atoms with Gasteiger partial charge in [0, 0.05) is 32.7 Å².